The van der Waals surface area contributed by atoms with E-state index < -0.39 is 17.4 Å². The first-order valence-corrected chi connectivity index (χ1v) is 6.96. The van der Waals surface area contributed by atoms with E-state index in [-0.39, 0.29) is 17.3 Å². The number of methoxy groups -OCH3 is 1. The molecule has 5 heteroatoms. The van der Waals surface area contributed by atoms with Gasteiger partial charge in [0.05, 0.1) is 12.7 Å². The maximum atomic E-state index is 12.3. The summed E-state index contributed by atoms with van der Waals surface area (Å²) in [5.41, 5.74) is 0.304. The molecule has 0 heterocycles. The topological polar surface area (TPSA) is 75.6 Å². The zero-order valence-electron chi connectivity index (χ0n) is 11.8. The van der Waals surface area contributed by atoms with E-state index in [2.05, 4.69) is 5.32 Å². The first-order valence-electron chi connectivity index (χ1n) is 6.96. The number of carbonyl (C=O) groups excluding carboxylic acids is 2. The Labute approximate surface area is 122 Å². The number of ether oxygens (including phenoxy) is 1. The molecule has 110 valence electrons. The molecule has 0 aliphatic heterocycles. The van der Waals surface area contributed by atoms with Crippen LogP contribution in [0, 0.1) is 5.92 Å². The van der Waals surface area contributed by atoms with E-state index in [4.69, 9.17) is 4.74 Å². The number of allylic oxidation sites excluding steroid dienone is 5. The number of aliphatic hydroxyl groups is 1. The number of hydrogen-bond acceptors (Lipinski definition) is 4. The molecule has 0 spiro atoms. The minimum atomic E-state index is -0.907. The third kappa shape index (κ3) is 2.28. The molecule has 0 aromatic rings. The predicted octanol–water partition coefficient (Wildman–Crippen LogP) is 1.69. The summed E-state index contributed by atoms with van der Waals surface area (Å²) < 4.78 is 4.71. The van der Waals surface area contributed by atoms with Gasteiger partial charge in [0.1, 0.15) is 11.3 Å². The number of amides is 1. The van der Waals surface area contributed by atoms with Crippen molar-refractivity contribution in [1.29, 1.82) is 0 Å². The Morgan fingerprint density at radius 3 is 2.81 bits per heavy atom. The molecule has 0 aromatic heterocycles. The fourth-order valence-electron chi connectivity index (χ4n) is 2.72. The second kappa shape index (κ2) is 4.91. The normalized spacial score (nSPS) is 25.0. The Bertz CT molecular complexity index is 620. The van der Waals surface area contributed by atoms with Gasteiger partial charge in [-0.25, -0.2) is 4.79 Å². The highest BCUT2D eigenvalue weighted by atomic mass is 16.5. The summed E-state index contributed by atoms with van der Waals surface area (Å²) in [6.07, 6.45) is 11.1. The molecule has 1 atom stereocenters. The number of hydrogen-bond donors (Lipinski definition) is 2. The summed E-state index contributed by atoms with van der Waals surface area (Å²) in [5, 5.41) is 13.0. The van der Waals surface area contributed by atoms with Gasteiger partial charge in [-0.05, 0) is 30.9 Å². The van der Waals surface area contributed by atoms with Gasteiger partial charge in [0.25, 0.3) is 5.91 Å². The summed E-state index contributed by atoms with van der Waals surface area (Å²) in [7, 11) is 1.30. The van der Waals surface area contributed by atoms with E-state index in [1.807, 2.05) is 24.3 Å². The molecule has 0 saturated heterocycles. The average Bonchev–Trinajstić information content (AvgIpc) is 3.27. The zero-order valence-corrected chi connectivity index (χ0v) is 11.8. The summed E-state index contributed by atoms with van der Waals surface area (Å²) in [6, 6.07) is 0. The second-order valence-electron chi connectivity index (χ2n) is 5.54. The SMILES string of the molecule is COC(=O)C1(NC(=O)C2=C(O)C3CC=CC=C3C=C2)CC1. The number of nitrogens with one attached hydrogen (secondary N) is 1. The van der Waals surface area contributed by atoms with Crippen LogP contribution in [0.1, 0.15) is 19.3 Å². The molecular formula is C16H17NO4. The molecule has 1 unspecified atom stereocenters. The van der Waals surface area contributed by atoms with Crippen molar-refractivity contribution < 1.29 is 19.4 Å². The average molecular weight is 287 g/mol. The van der Waals surface area contributed by atoms with Crippen LogP contribution in [0.2, 0.25) is 0 Å². The van der Waals surface area contributed by atoms with Crippen molar-refractivity contribution in [3.8, 4) is 0 Å². The van der Waals surface area contributed by atoms with Gasteiger partial charge in [-0.1, -0.05) is 24.3 Å². The lowest BCUT2D eigenvalue weighted by atomic mass is 9.83. The van der Waals surface area contributed by atoms with Crippen molar-refractivity contribution in [2.75, 3.05) is 7.11 Å². The van der Waals surface area contributed by atoms with Crippen molar-refractivity contribution in [2.24, 2.45) is 5.92 Å². The zero-order chi connectivity index (χ0) is 15.0. The standard InChI is InChI=1S/C16H17NO4/c1-21-15(20)16(8-9-16)17-14(19)12-7-6-10-4-2-3-5-11(10)13(12)18/h2-4,6-7,11,18H,5,8-9H2,1H3,(H,17,19). The van der Waals surface area contributed by atoms with Crippen LogP contribution in [-0.2, 0) is 14.3 Å². The van der Waals surface area contributed by atoms with Gasteiger partial charge < -0.3 is 15.2 Å². The van der Waals surface area contributed by atoms with E-state index in [0.29, 0.717) is 19.3 Å². The molecule has 3 aliphatic rings. The Morgan fingerprint density at radius 1 is 1.38 bits per heavy atom. The fourth-order valence-corrected chi connectivity index (χ4v) is 2.72. The van der Waals surface area contributed by atoms with Gasteiger partial charge in [0.2, 0.25) is 0 Å². The van der Waals surface area contributed by atoms with Crippen LogP contribution in [-0.4, -0.2) is 29.6 Å². The number of fused-ring (bicyclic) bond motifs is 1. The molecule has 5 nitrogen and oxygen atoms in total. The quantitative estimate of drug-likeness (QED) is 0.775. The maximum absolute atomic E-state index is 12.3. The fraction of sp³-hybridized carbons (Fsp3) is 0.375. The largest absolute Gasteiger partial charge is 0.511 e. The molecule has 3 rings (SSSR count). The molecule has 0 bridgehead atoms. The lowest BCUT2D eigenvalue weighted by Gasteiger charge is -2.25. The lowest BCUT2D eigenvalue weighted by molar-refractivity contribution is -0.146. The second-order valence-corrected chi connectivity index (χ2v) is 5.54. The Balaban J connectivity index is 1.80. The van der Waals surface area contributed by atoms with Crippen LogP contribution in [0.3, 0.4) is 0 Å². The van der Waals surface area contributed by atoms with E-state index >= 15 is 0 Å². The van der Waals surface area contributed by atoms with Crippen LogP contribution in [0.4, 0.5) is 0 Å². The molecule has 1 saturated carbocycles. The van der Waals surface area contributed by atoms with Gasteiger partial charge in [0.15, 0.2) is 0 Å². The van der Waals surface area contributed by atoms with Crippen LogP contribution < -0.4 is 5.32 Å². The summed E-state index contributed by atoms with van der Waals surface area (Å²) in [4.78, 5) is 24.0. The van der Waals surface area contributed by atoms with E-state index in [0.717, 1.165) is 5.57 Å². The third-order valence-corrected chi connectivity index (χ3v) is 4.17. The lowest BCUT2D eigenvalue weighted by Crippen LogP contribution is -2.44. The molecule has 0 aromatic carbocycles. The van der Waals surface area contributed by atoms with E-state index in [1.54, 1.807) is 6.08 Å². The number of carbonyl (C=O) groups is 2. The highest BCUT2D eigenvalue weighted by molar-refractivity contribution is 6.01. The maximum Gasteiger partial charge on any atom is 0.331 e. The number of aliphatic hydroxyl groups excluding tert-OH is 1. The van der Waals surface area contributed by atoms with Crippen LogP contribution in [0.25, 0.3) is 0 Å². The molecule has 21 heavy (non-hydrogen) atoms. The Kier molecular flexibility index (Phi) is 3.20. The number of rotatable bonds is 3. The minimum absolute atomic E-state index is 0.0614. The van der Waals surface area contributed by atoms with Crippen molar-refractivity contribution in [1.82, 2.24) is 5.32 Å². The first kappa shape index (κ1) is 13.7. The first-order chi connectivity index (χ1) is 10.1. The molecular weight excluding hydrogens is 270 g/mol. The highest BCUT2D eigenvalue weighted by Gasteiger charge is 2.52. The minimum Gasteiger partial charge on any atom is -0.511 e. The third-order valence-electron chi connectivity index (χ3n) is 4.17. The summed E-state index contributed by atoms with van der Waals surface area (Å²) in [6.45, 7) is 0. The number of esters is 1. The molecule has 1 amide bonds. The van der Waals surface area contributed by atoms with Crippen LogP contribution >= 0.6 is 0 Å². The smallest absolute Gasteiger partial charge is 0.331 e. The molecule has 1 fully saturated rings. The van der Waals surface area contributed by atoms with Gasteiger partial charge in [-0.15, -0.1) is 0 Å². The van der Waals surface area contributed by atoms with Gasteiger partial charge in [-0.2, -0.15) is 0 Å². The summed E-state index contributed by atoms with van der Waals surface area (Å²) in [5.74, 6) is -0.975. The molecule has 2 N–H and O–H groups in total. The predicted molar refractivity (Wildman–Crippen MR) is 76.2 cm³/mol. The van der Waals surface area contributed by atoms with Crippen molar-refractivity contribution in [2.45, 2.75) is 24.8 Å². The highest BCUT2D eigenvalue weighted by Crippen LogP contribution is 2.38. The Hall–Kier alpha value is -2.30. The van der Waals surface area contributed by atoms with E-state index in [1.165, 1.54) is 7.11 Å². The van der Waals surface area contributed by atoms with Crippen LogP contribution in [0.15, 0.2) is 47.3 Å². The molecule has 3 aliphatic carbocycles. The van der Waals surface area contributed by atoms with Crippen molar-refractivity contribution >= 4 is 11.9 Å². The summed E-state index contributed by atoms with van der Waals surface area (Å²) >= 11 is 0. The van der Waals surface area contributed by atoms with Crippen molar-refractivity contribution in [3.63, 3.8) is 0 Å². The Morgan fingerprint density at radius 2 is 2.14 bits per heavy atom. The molecule has 0 radical (unpaired) electrons. The van der Waals surface area contributed by atoms with Gasteiger partial charge in [0, 0.05) is 5.92 Å². The van der Waals surface area contributed by atoms with Gasteiger partial charge >= 0.3 is 5.97 Å². The van der Waals surface area contributed by atoms with Crippen LogP contribution in [0.5, 0.6) is 0 Å². The monoisotopic (exact) mass is 287 g/mol. The van der Waals surface area contributed by atoms with E-state index in [9.17, 15) is 14.7 Å². The van der Waals surface area contributed by atoms with Crippen molar-refractivity contribution in [3.05, 3.63) is 47.3 Å². The van der Waals surface area contributed by atoms with Gasteiger partial charge in [-0.3, -0.25) is 4.79 Å².